The molecule has 0 spiro atoms. The molecule has 2 aromatic carbocycles. The fraction of sp³-hybridized carbons (Fsp3) is 0.200. The van der Waals surface area contributed by atoms with Crippen LogP contribution < -0.4 is 15.6 Å². The Morgan fingerprint density at radius 2 is 1.94 bits per heavy atom. The summed E-state index contributed by atoms with van der Waals surface area (Å²) in [5.41, 5.74) is 3.54. The summed E-state index contributed by atoms with van der Waals surface area (Å²) >= 11 is 3.44. The van der Waals surface area contributed by atoms with Crippen LogP contribution in [0, 0.1) is 10.1 Å². The maximum atomic E-state index is 11.0. The van der Waals surface area contributed by atoms with E-state index in [-0.39, 0.29) is 5.95 Å². The van der Waals surface area contributed by atoms with Gasteiger partial charge in [0.15, 0.2) is 5.75 Å². The smallest absolute Gasteiger partial charge is 0.311 e. The highest BCUT2D eigenvalue weighted by atomic mass is 79.9. The van der Waals surface area contributed by atoms with Crippen LogP contribution in [-0.2, 0) is 4.74 Å². The number of hydrogen-bond acceptors (Lipinski definition) is 11. The van der Waals surface area contributed by atoms with Gasteiger partial charge in [0.05, 0.1) is 24.4 Å². The summed E-state index contributed by atoms with van der Waals surface area (Å²) < 4.78 is 6.30. The molecule has 0 bridgehead atoms. The van der Waals surface area contributed by atoms with Crippen LogP contribution in [-0.4, -0.2) is 57.5 Å². The van der Waals surface area contributed by atoms with Crippen molar-refractivity contribution in [2.24, 2.45) is 5.10 Å². The molecule has 0 aliphatic carbocycles. The van der Waals surface area contributed by atoms with Crippen LogP contribution >= 0.6 is 15.9 Å². The highest BCUT2D eigenvalue weighted by molar-refractivity contribution is 9.10. The molecule has 1 aliphatic rings. The molecule has 3 N–H and O–H groups in total. The Hall–Kier alpha value is -3.84. The molecular formula is C20H19BrN8O4. The number of nitrogens with zero attached hydrogens (tertiary/aromatic N) is 6. The van der Waals surface area contributed by atoms with Gasteiger partial charge in [-0.15, -0.1) is 0 Å². The zero-order chi connectivity index (χ0) is 23.2. The van der Waals surface area contributed by atoms with Crippen molar-refractivity contribution in [3.8, 4) is 5.75 Å². The van der Waals surface area contributed by atoms with Crippen molar-refractivity contribution >= 4 is 51.4 Å². The quantitative estimate of drug-likeness (QED) is 0.243. The molecule has 1 aromatic heterocycles. The highest BCUT2D eigenvalue weighted by Crippen LogP contribution is 2.26. The standard InChI is InChI=1S/C20H19BrN8O4/c21-14-2-1-3-15(11-14)23-18-24-19(26-20(25-18)28-6-8-33-9-7-28)27-22-12-13-4-5-17(30)16(10-13)29(31)32/h1-5,10-12,30H,6-9H2,(H2,23,24,25,26,27)/b22-12+. The normalized spacial score (nSPS) is 13.8. The molecule has 0 amide bonds. The Labute approximate surface area is 196 Å². The van der Waals surface area contributed by atoms with Gasteiger partial charge >= 0.3 is 5.69 Å². The predicted molar refractivity (Wildman–Crippen MR) is 126 cm³/mol. The van der Waals surface area contributed by atoms with Crippen molar-refractivity contribution in [1.29, 1.82) is 0 Å². The first-order valence-electron chi connectivity index (χ1n) is 9.86. The second kappa shape index (κ2) is 10.2. The largest absolute Gasteiger partial charge is 0.502 e. The summed E-state index contributed by atoms with van der Waals surface area (Å²) in [5, 5.41) is 27.8. The molecule has 1 aliphatic heterocycles. The zero-order valence-electron chi connectivity index (χ0n) is 17.2. The van der Waals surface area contributed by atoms with Gasteiger partial charge in [0.2, 0.25) is 17.8 Å². The summed E-state index contributed by atoms with van der Waals surface area (Å²) in [6.45, 7) is 2.42. The Bertz CT molecular complexity index is 1190. The van der Waals surface area contributed by atoms with Crippen LogP contribution in [0.25, 0.3) is 0 Å². The van der Waals surface area contributed by atoms with Gasteiger partial charge in [0, 0.05) is 34.9 Å². The van der Waals surface area contributed by atoms with Crippen LogP contribution in [0.1, 0.15) is 5.56 Å². The Morgan fingerprint density at radius 3 is 2.70 bits per heavy atom. The molecule has 1 saturated heterocycles. The SMILES string of the molecule is O=[N+]([O-])c1cc(/C=N/Nc2nc(Nc3cccc(Br)c3)nc(N3CCOCC3)n2)ccc1O. The third-order valence-corrected chi connectivity index (χ3v) is 5.07. The van der Waals surface area contributed by atoms with Gasteiger partial charge in [-0.3, -0.25) is 10.1 Å². The first-order valence-corrected chi connectivity index (χ1v) is 10.6. The van der Waals surface area contributed by atoms with Gasteiger partial charge in [0.1, 0.15) is 0 Å². The van der Waals surface area contributed by atoms with Gasteiger partial charge in [-0.25, -0.2) is 5.43 Å². The predicted octanol–water partition coefficient (Wildman–Crippen LogP) is 3.27. The van der Waals surface area contributed by atoms with Crippen molar-refractivity contribution in [2.45, 2.75) is 0 Å². The number of nitro benzene ring substituents is 1. The molecule has 12 nitrogen and oxygen atoms in total. The summed E-state index contributed by atoms with van der Waals surface area (Å²) in [4.78, 5) is 25.6. The van der Waals surface area contributed by atoms with E-state index < -0.39 is 16.4 Å². The average Bonchev–Trinajstić information content (AvgIpc) is 2.80. The molecule has 0 radical (unpaired) electrons. The number of halogens is 1. The minimum absolute atomic E-state index is 0.188. The lowest BCUT2D eigenvalue weighted by Gasteiger charge is -2.27. The summed E-state index contributed by atoms with van der Waals surface area (Å²) in [6.07, 6.45) is 1.37. The number of nitrogens with one attached hydrogen (secondary N) is 2. The van der Waals surface area contributed by atoms with E-state index in [9.17, 15) is 15.2 Å². The third-order valence-electron chi connectivity index (χ3n) is 4.57. The maximum Gasteiger partial charge on any atom is 0.311 e. The van der Waals surface area contributed by atoms with E-state index in [0.29, 0.717) is 43.8 Å². The second-order valence-corrected chi connectivity index (χ2v) is 7.81. The molecule has 0 saturated carbocycles. The number of aromatic hydroxyl groups is 1. The number of morpholine rings is 1. The number of ether oxygens (including phenoxy) is 1. The Balaban J connectivity index is 1.57. The monoisotopic (exact) mass is 514 g/mol. The number of phenolic OH excluding ortho intramolecular Hbond substituents is 1. The second-order valence-electron chi connectivity index (χ2n) is 6.89. The average molecular weight is 515 g/mol. The van der Waals surface area contributed by atoms with E-state index in [2.05, 4.69) is 46.7 Å². The maximum absolute atomic E-state index is 11.0. The molecular weight excluding hydrogens is 496 g/mol. The van der Waals surface area contributed by atoms with Crippen molar-refractivity contribution in [3.63, 3.8) is 0 Å². The van der Waals surface area contributed by atoms with Crippen LogP contribution in [0.2, 0.25) is 0 Å². The molecule has 1 fully saturated rings. The fourth-order valence-corrected chi connectivity index (χ4v) is 3.40. The van der Waals surface area contributed by atoms with Crippen molar-refractivity contribution in [1.82, 2.24) is 15.0 Å². The van der Waals surface area contributed by atoms with E-state index in [0.717, 1.165) is 10.2 Å². The Morgan fingerprint density at radius 1 is 1.15 bits per heavy atom. The number of aromatic nitrogens is 3. The van der Waals surface area contributed by atoms with Crippen molar-refractivity contribution in [2.75, 3.05) is 41.9 Å². The highest BCUT2D eigenvalue weighted by Gasteiger charge is 2.17. The van der Waals surface area contributed by atoms with Crippen molar-refractivity contribution < 1.29 is 14.8 Å². The van der Waals surface area contributed by atoms with Crippen molar-refractivity contribution in [3.05, 3.63) is 62.6 Å². The van der Waals surface area contributed by atoms with Gasteiger partial charge in [0.25, 0.3) is 0 Å². The van der Waals surface area contributed by atoms with Gasteiger partial charge in [-0.05, 0) is 30.3 Å². The topological polar surface area (TPSA) is 151 Å². The minimum Gasteiger partial charge on any atom is -0.502 e. The number of phenols is 1. The molecule has 33 heavy (non-hydrogen) atoms. The molecule has 3 aromatic rings. The number of benzene rings is 2. The van der Waals surface area contributed by atoms with Crippen LogP contribution in [0.15, 0.2) is 52.0 Å². The van der Waals surface area contributed by atoms with Crippen LogP contribution in [0.5, 0.6) is 5.75 Å². The summed E-state index contributed by atoms with van der Waals surface area (Å²) in [5.74, 6) is 0.556. The van der Waals surface area contributed by atoms with Gasteiger partial charge in [-0.2, -0.15) is 20.1 Å². The molecule has 170 valence electrons. The Kier molecular flexibility index (Phi) is 6.90. The number of hydrogen-bond donors (Lipinski definition) is 3. The van der Waals surface area contributed by atoms with E-state index in [1.54, 1.807) is 0 Å². The number of rotatable bonds is 7. The van der Waals surface area contributed by atoms with E-state index in [1.807, 2.05) is 29.2 Å². The molecule has 4 rings (SSSR count). The van der Waals surface area contributed by atoms with E-state index in [4.69, 9.17) is 4.74 Å². The number of nitro groups is 1. The lowest BCUT2D eigenvalue weighted by Crippen LogP contribution is -2.37. The lowest BCUT2D eigenvalue weighted by molar-refractivity contribution is -0.385. The lowest BCUT2D eigenvalue weighted by atomic mass is 10.2. The van der Waals surface area contributed by atoms with E-state index in [1.165, 1.54) is 24.4 Å². The van der Waals surface area contributed by atoms with Crippen LogP contribution in [0.3, 0.4) is 0 Å². The molecule has 2 heterocycles. The number of hydrazone groups is 1. The first kappa shape index (κ1) is 22.4. The van der Waals surface area contributed by atoms with Gasteiger partial charge in [-0.1, -0.05) is 22.0 Å². The fourth-order valence-electron chi connectivity index (χ4n) is 3.00. The van der Waals surface area contributed by atoms with Gasteiger partial charge < -0.3 is 20.1 Å². The summed E-state index contributed by atoms with van der Waals surface area (Å²) in [6, 6.07) is 11.5. The third kappa shape index (κ3) is 5.90. The first-order chi connectivity index (χ1) is 16.0. The van der Waals surface area contributed by atoms with E-state index >= 15 is 0 Å². The number of anilines is 4. The molecule has 13 heteroatoms. The zero-order valence-corrected chi connectivity index (χ0v) is 18.8. The summed E-state index contributed by atoms with van der Waals surface area (Å²) in [7, 11) is 0. The molecule has 0 atom stereocenters. The molecule has 0 unspecified atom stereocenters. The van der Waals surface area contributed by atoms with Crippen LogP contribution in [0.4, 0.5) is 29.2 Å². The minimum atomic E-state index is -0.666.